The maximum Gasteiger partial charge on any atom is 0.335 e. The number of carboxylic acids is 1. The second-order valence-electron chi connectivity index (χ2n) is 4.90. The third kappa shape index (κ3) is 4.49. The van der Waals surface area contributed by atoms with Crippen LogP contribution < -0.4 is 14.8 Å². The average molecular weight is 329 g/mol. The first-order chi connectivity index (χ1) is 11.5. The first kappa shape index (κ1) is 17.3. The zero-order valence-electron chi connectivity index (χ0n) is 13.5. The molecule has 126 valence electrons. The number of anilines is 1. The van der Waals surface area contributed by atoms with Gasteiger partial charge in [0.2, 0.25) is 0 Å². The van der Waals surface area contributed by atoms with Crippen LogP contribution in [0.1, 0.15) is 34.6 Å². The van der Waals surface area contributed by atoms with E-state index in [1.165, 1.54) is 12.1 Å². The molecule has 0 unspecified atom stereocenters. The van der Waals surface area contributed by atoms with Crippen LogP contribution in [0.25, 0.3) is 0 Å². The van der Waals surface area contributed by atoms with Gasteiger partial charge in [0.1, 0.15) is 11.5 Å². The first-order valence-corrected chi connectivity index (χ1v) is 7.59. The quantitative estimate of drug-likeness (QED) is 0.813. The van der Waals surface area contributed by atoms with Crippen molar-refractivity contribution >= 4 is 17.6 Å². The van der Waals surface area contributed by atoms with Gasteiger partial charge in [0.05, 0.1) is 18.8 Å². The molecule has 0 spiro atoms. The van der Waals surface area contributed by atoms with E-state index in [9.17, 15) is 9.59 Å². The van der Waals surface area contributed by atoms with Gasteiger partial charge in [0, 0.05) is 17.3 Å². The van der Waals surface area contributed by atoms with E-state index >= 15 is 0 Å². The Hall–Kier alpha value is -3.02. The number of benzene rings is 2. The van der Waals surface area contributed by atoms with Gasteiger partial charge in [-0.05, 0) is 44.2 Å². The van der Waals surface area contributed by atoms with E-state index in [4.69, 9.17) is 14.6 Å². The standard InChI is InChI=1S/C18H19NO5/c1-3-23-15-9-13(10-16(11-15)24-4-2)17(20)19-14-7-5-6-12(8-14)18(21)22/h5-11H,3-4H2,1-2H3,(H,19,20)(H,21,22). The van der Waals surface area contributed by atoms with Crippen molar-refractivity contribution in [3.8, 4) is 11.5 Å². The zero-order chi connectivity index (χ0) is 17.5. The predicted octanol–water partition coefficient (Wildman–Crippen LogP) is 3.43. The summed E-state index contributed by atoms with van der Waals surface area (Å²) in [4.78, 5) is 23.4. The monoisotopic (exact) mass is 329 g/mol. The van der Waals surface area contributed by atoms with Crippen molar-refractivity contribution in [1.29, 1.82) is 0 Å². The number of carbonyl (C=O) groups is 2. The Bertz CT molecular complexity index is 718. The Labute approximate surface area is 140 Å². The molecule has 1 amide bonds. The fourth-order valence-corrected chi connectivity index (χ4v) is 2.14. The van der Waals surface area contributed by atoms with Crippen LogP contribution >= 0.6 is 0 Å². The van der Waals surface area contributed by atoms with Crippen molar-refractivity contribution < 1.29 is 24.2 Å². The van der Waals surface area contributed by atoms with Gasteiger partial charge in [-0.1, -0.05) is 6.07 Å². The minimum atomic E-state index is -1.05. The largest absolute Gasteiger partial charge is 0.494 e. The SMILES string of the molecule is CCOc1cc(OCC)cc(C(=O)Nc2cccc(C(=O)O)c2)c1. The van der Waals surface area contributed by atoms with Crippen molar-refractivity contribution in [1.82, 2.24) is 0 Å². The number of hydrogen-bond donors (Lipinski definition) is 2. The molecule has 0 aliphatic carbocycles. The second-order valence-corrected chi connectivity index (χ2v) is 4.90. The Balaban J connectivity index is 2.25. The number of hydrogen-bond acceptors (Lipinski definition) is 4. The lowest BCUT2D eigenvalue weighted by molar-refractivity contribution is 0.0696. The molecule has 2 aromatic rings. The number of aromatic carboxylic acids is 1. The summed E-state index contributed by atoms with van der Waals surface area (Å²) in [7, 11) is 0. The Morgan fingerprint density at radius 2 is 1.58 bits per heavy atom. The number of ether oxygens (including phenoxy) is 2. The van der Waals surface area contributed by atoms with E-state index in [-0.39, 0.29) is 11.5 Å². The molecule has 0 heterocycles. The highest BCUT2D eigenvalue weighted by Crippen LogP contribution is 2.24. The van der Waals surface area contributed by atoms with Crippen LogP contribution in [0.4, 0.5) is 5.69 Å². The number of rotatable bonds is 7. The molecule has 0 aromatic heterocycles. The Kier molecular flexibility index (Phi) is 5.78. The normalized spacial score (nSPS) is 10.1. The molecule has 2 N–H and O–H groups in total. The molecule has 0 fully saturated rings. The highest BCUT2D eigenvalue weighted by atomic mass is 16.5. The minimum absolute atomic E-state index is 0.103. The van der Waals surface area contributed by atoms with Gasteiger partial charge in [-0.3, -0.25) is 4.79 Å². The van der Waals surface area contributed by atoms with Crippen molar-refractivity contribution in [3.63, 3.8) is 0 Å². The lowest BCUT2D eigenvalue weighted by atomic mass is 10.1. The first-order valence-electron chi connectivity index (χ1n) is 7.59. The molecule has 2 rings (SSSR count). The van der Waals surface area contributed by atoms with E-state index in [0.29, 0.717) is 36.0 Å². The predicted molar refractivity (Wildman–Crippen MR) is 90.1 cm³/mol. The summed E-state index contributed by atoms with van der Waals surface area (Å²) in [5.74, 6) is -0.358. The van der Waals surface area contributed by atoms with Crippen LogP contribution in [0.2, 0.25) is 0 Å². The van der Waals surface area contributed by atoms with Gasteiger partial charge in [-0.15, -0.1) is 0 Å². The van der Waals surface area contributed by atoms with Crippen molar-refractivity contribution in [2.24, 2.45) is 0 Å². The molecule has 0 saturated carbocycles. The summed E-state index contributed by atoms with van der Waals surface area (Å²) in [6, 6.07) is 11.0. The maximum absolute atomic E-state index is 12.4. The lowest BCUT2D eigenvalue weighted by Crippen LogP contribution is -2.13. The molecular weight excluding hydrogens is 310 g/mol. The third-order valence-electron chi connectivity index (χ3n) is 3.13. The second kappa shape index (κ2) is 8.01. The minimum Gasteiger partial charge on any atom is -0.494 e. The summed E-state index contributed by atoms with van der Waals surface area (Å²) >= 11 is 0. The maximum atomic E-state index is 12.4. The zero-order valence-corrected chi connectivity index (χ0v) is 13.5. The van der Waals surface area contributed by atoms with Gasteiger partial charge in [-0.2, -0.15) is 0 Å². The van der Waals surface area contributed by atoms with Crippen molar-refractivity contribution in [3.05, 3.63) is 53.6 Å². The number of amides is 1. The Morgan fingerprint density at radius 1 is 0.958 bits per heavy atom. The van der Waals surface area contributed by atoms with Crippen LogP contribution in [0.15, 0.2) is 42.5 Å². The van der Waals surface area contributed by atoms with E-state index < -0.39 is 5.97 Å². The van der Waals surface area contributed by atoms with E-state index in [2.05, 4.69) is 5.32 Å². The highest BCUT2D eigenvalue weighted by Gasteiger charge is 2.12. The summed E-state index contributed by atoms with van der Waals surface area (Å²) in [5.41, 5.74) is 0.871. The number of carboxylic acid groups (broad SMARTS) is 1. The van der Waals surface area contributed by atoms with Gasteiger partial charge >= 0.3 is 5.97 Å². The summed E-state index contributed by atoms with van der Waals surface area (Å²) < 4.78 is 10.9. The molecule has 0 bridgehead atoms. The molecule has 6 nitrogen and oxygen atoms in total. The molecule has 0 atom stereocenters. The Morgan fingerprint density at radius 3 is 2.12 bits per heavy atom. The van der Waals surface area contributed by atoms with Crippen LogP contribution in [-0.4, -0.2) is 30.2 Å². The number of carbonyl (C=O) groups excluding carboxylic acids is 1. The lowest BCUT2D eigenvalue weighted by Gasteiger charge is -2.11. The van der Waals surface area contributed by atoms with Crippen molar-refractivity contribution in [2.75, 3.05) is 18.5 Å². The smallest absolute Gasteiger partial charge is 0.335 e. The average Bonchev–Trinajstić information content (AvgIpc) is 2.55. The number of nitrogens with one attached hydrogen (secondary N) is 1. The molecule has 0 aliphatic rings. The van der Waals surface area contributed by atoms with E-state index in [1.54, 1.807) is 30.3 Å². The summed E-state index contributed by atoms with van der Waals surface area (Å²) in [6.07, 6.45) is 0. The molecular formula is C18H19NO5. The fraction of sp³-hybridized carbons (Fsp3) is 0.222. The van der Waals surface area contributed by atoms with Crippen LogP contribution in [-0.2, 0) is 0 Å². The highest BCUT2D eigenvalue weighted by molar-refractivity contribution is 6.05. The van der Waals surface area contributed by atoms with E-state index in [1.807, 2.05) is 13.8 Å². The van der Waals surface area contributed by atoms with Crippen LogP contribution in [0, 0.1) is 0 Å². The third-order valence-corrected chi connectivity index (χ3v) is 3.13. The molecule has 6 heteroatoms. The summed E-state index contributed by atoms with van der Waals surface area (Å²) in [6.45, 7) is 4.64. The molecule has 0 radical (unpaired) electrons. The molecule has 0 aliphatic heterocycles. The van der Waals surface area contributed by atoms with Gasteiger partial charge in [-0.25, -0.2) is 4.79 Å². The van der Waals surface area contributed by atoms with E-state index in [0.717, 1.165) is 0 Å². The van der Waals surface area contributed by atoms with Crippen LogP contribution in [0.5, 0.6) is 11.5 Å². The molecule has 0 saturated heterocycles. The summed E-state index contributed by atoms with van der Waals surface area (Å²) in [5, 5.41) is 11.7. The topological polar surface area (TPSA) is 84.9 Å². The fourth-order valence-electron chi connectivity index (χ4n) is 2.14. The molecule has 2 aromatic carbocycles. The van der Waals surface area contributed by atoms with Crippen molar-refractivity contribution in [2.45, 2.75) is 13.8 Å². The van der Waals surface area contributed by atoms with Crippen LogP contribution in [0.3, 0.4) is 0 Å². The van der Waals surface area contributed by atoms with Gasteiger partial charge in [0.15, 0.2) is 0 Å². The molecule has 24 heavy (non-hydrogen) atoms. The van der Waals surface area contributed by atoms with Gasteiger partial charge in [0.25, 0.3) is 5.91 Å². The van der Waals surface area contributed by atoms with Gasteiger partial charge < -0.3 is 19.9 Å².